The molecular weight excluding hydrogens is 160 g/mol. The van der Waals surface area contributed by atoms with Crippen LogP contribution in [0.15, 0.2) is 12.2 Å². The van der Waals surface area contributed by atoms with E-state index in [1.54, 1.807) is 0 Å². The summed E-state index contributed by atoms with van der Waals surface area (Å²) in [6.07, 6.45) is 9.98. The molecule has 3 aliphatic carbocycles. The zero-order valence-corrected chi connectivity index (χ0v) is 8.24. The second-order valence-corrected chi connectivity index (χ2v) is 5.30. The number of hydrogen-bond acceptors (Lipinski definition) is 1. The topological polar surface area (TPSA) is 20.2 Å². The average Bonchev–Trinajstić information content (AvgIpc) is 2.66. The fourth-order valence-electron chi connectivity index (χ4n) is 3.68. The van der Waals surface area contributed by atoms with Crippen molar-refractivity contribution in [1.29, 1.82) is 0 Å². The Morgan fingerprint density at radius 3 is 2.46 bits per heavy atom. The van der Waals surface area contributed by atoms with Gasteiger partial charge in [-0.2, -0.15) is 0 Å². The van der Waals surface area contributed by atoms with Crippen LogP contribution in [0, 0.1) is 23.2 Å². The van der Waals surface area contributed by atoms with Crippen molar-refractivity contribution in [1.82, 2.24) is 0 Å². The monoisotopic (exact) mass is 178 g/mol. The lowest BCUT2D eigenvalue weighted by Crippen LogP contribution is -2.30. The van der Waals surface area contributed by atoms with Crippen molar-refractivity contribution in [2.24, 2.45) is 23.2 Å². The molecule has 3 rings (SSSR count). The van der Waals surface area contributed by atoms with E-state index in [1.807, 2.05) is 6.92 Å². The average molecular weight is 178 g/mol. The highest BCUT2D eigenvalue weighted by Gasteiger charge is 2.57. The van der Waals surface area contributed by atoms with Crippen molar-refractivity contribution >= 4 is 0 Å². The van der Waals surface area contributed by atoms with Crippen molar-refractivity contribution < 1.29 is 5.11 Å². The summed E-state index contributed by atoms with van der Waals surface area (Å²) in [5, 5.41) is 9.81. The first-order valence-corrected chi connectivity index (χ1v) is 5.59. The molecular formula is C12H18O. The number of aliphatic hydroxyl groups is 1. The Balaban J connectivity index is 1.83. The molecule has 1 N–H and O–H groups in total. The summed E-state index contributed by atoms with van der Waals surface area (Å²) < 4.78 is 0. The first-order chi connectivity index (χ1) is 6.22. The zero-order valence-electron chi connectivity index (χ0n) is 8.24. The van der Waals surface area contributed by atoms with Crippen molar-refractivity contribution in [3.8, 4) is 0 Å². The Bertz CT molecular complexity index is 250. The maximum atomic E-state index is 9.81. The van der Waals surface area contributed by atoms with Crippen LogP contribution in [0.1, 0.15) is 32.6 Å². The van der Waals surface area contributed by atoms with Gasteiger partial charge >= 0.3 is 0 Å². The van der Waals surface area contributed by atoms with E-state index in [4.69, 9.17) is 0 Å². The molecule has 72 valence electrons. The summed E-state index contributed by atoms with van der Waals surface area (Å²) in [4.78, 5) is 0. The quantitative estimate of drug-likeness (QED) is 0.644. The third-order valence-electron chi connectivity index (χ3n) is 4.68. The highest BCUT2D eigenvalue weighted by molar-refractivity contribution is 5.17. The number of aliphatic hydroxyl groups excluding tert-OH is 1. The van der Waals surface area contributed by atoms with Gasteiger partial charge in [0.25, 0.3) is 0 Å². The van der Waals surface area contributed by atoms with Gasteiger partial charge < -0.3 is 5.11 Å². The molecule has 0 radical (unpaired) electrons. The van der Waals surface area contributed by atoms with Crippen molar-refractivity contribution in [2.45, 2.75) is 38.7 Å². The molecule has 1 nitrogen and oxygen atoms in total. The maximum Gasteiger partial charge on any atom is 0.0571 e. The summed E-state index contributed by atoms with van der Waals surface area (Å²) in [6.45, 7) is 1.99. The van der Waals surface area contributed by atoms with Crippen LogP contribution in [0.5, 0.6) is 0 Å². The highest BCUT2D eigenvalue weighted by atomic mass is 16.3. The van der Waals surface area contributed by atoms with Gasteiger partial charge in [0, 0.05) is 0 Å². The molecule has 1 heteroatoms. The minimum absolute atomic E-state index is 0.0785. The maximum absolute atomic E-state index is 9.81. The summed E-state index contributed by atoms with van der Waals surface area (Å²) in [7, 11) is 0. The third-order valence-corrected chi connectivity index (χ3v) is 4.68. The van der Waals surface area contributed by atoms with Gasteiger partial charge in [0.1, 0.15) is 0 Å². The normalized spacial score (nSPS) is 46.8. The molecule has 0 saturated heterocycles. The summed E-state index contributed by atoms with van der Waals surface area (Å²) in [5.41, 5.74) is 0.337. The number of rotatable bonds is 2. The lowest BCUT2D eigenvalue weighted by Gasteiger charge is -2.30. The molecule has 2 bridgehead atoms. The van der Waals surface area contributed by atoms with Crippen molar-refractivity contribution in [2.75, 3.05) is 0 Å². The van der Waals surface area contributed by atoms with Gasteiger partial charge in [-0.15, -0.1) is 0 Å². The van der Waals surface area contributed by atoms with Crippen LogP contribution in [0.2, 0.25) is 0 Å². The van der Waals surface area contributed by atoms with E-state index in [2.05, 4.69) is 12.2 Å². The van der Waals surface area contributed by atoms with Crippen LogP contribution in [-0.2, 0) is 0 Å². The van der Waals surface area contributed by atoms with E-state index in [9.17, 15) is 5.11 Å². The van der Waals surface area contributed by atoms with Crippen LogP contribution in [0.25, 0.3) is 0 Å². The van der Waals surface area contributed by atoms with Gasteiger partial charge in [-0.05, 0) is 55.8 Å². The molecule has 2 fully saturated rings. The predicted octanol–water partition coefficient (Wildman–Crippen LogP) is 2.36. The molecule has 3 aliphatic rings. The van der Waals surface area contributed by atoms with Gasteiger partial charge in [-0.25, -0.2) is 0 Å². The molecule has 4 unspecified atom stereocenters. The summed E-state index contributed by atoms with van der Waals surface area (Å²) in [6, 6.07) is 0. The van der Waals surface area contributed by atoms with Crippen molar-refractivity contribution in [3.63, 3.8) is 0 Å². The van der Waals surface area contributed by atoms with Crippen molar-refractivity contribution in [3.05, 3.63) is 12.2 Å². The first-order valence-electron chi connectivity index (χ1n) is 5.59. The lowest BCUT2D eigenvalue weighted by molar-refractivity contribution is 0.0589. The lowest BCUT2D eigenvalue weighted by atomic mass is 9.76. The van der Waals surface area contributed by atoms with Gasteiger partial charge in [0.15, 0.2) is 0 Å². The Hall–Kier alpha value is -0.300. The minimum atomic E-state index is -0.0785. The van der Waals surface area contributed by atoms with E-state index < -0.39 is 0 Å². The van der Waals surface area contributed by atoms with Crippen LogP contribution < -0.4 is 0 Å². The standard InChI is InChI=1S/C12H18O/c1-8(13)12(4-5-12)11-7-9-2-3-10(11)6-9/h2-3,8-11,13H,4-7H2,1H3. The Labute approximate surface area is 79.8 Å². The van der Waals surface area contributed by atoms with Crippen LogP contribution in [0.4, 0.5) is 0 Å². The van der Waals surface area contributed by atoms with E-state index in [0.29, 0.717) is 5.41 Å². The minimum Gasteiger partial charge on any atom is -0.393 e. The van der Waals surface area contributed by atoms with E-state index in [1.165, 1.54) is 25.7 Å². The summed E-state index contributed by atoms with van der Waals surface area (Å²) in [5.74, 6) is 2.47. The Morgan fingerprint density at radius 2 is 2.08 bits per heavy atom. The second-order valence-electron chi connectivity index (χ2n) is 5.30. The van der Waals surface area contributed by atoms with Gasteiger partial charge in [0.2, 0.25) is 0 Å². The largest absolute Gasteiger partial charge is 0.393 e. The van der Waals surface area contributed by atoms with Gasteiger partial charge in [-0.1, -0.05) is 12.2 Å². The molecule has 0 aliphatic heterocycles. The van der Waals surface area contributed by atoms with E-state index in [-0.39, 0.29) is 6.10 Å². The third kappa shape index (κ3) is 0.969. The molecule has 0 amide bonds. The molecule has 0 aromatic heterocycles. The van der Waals surface area contributed by atoms with Gasteiger partial charge in [-0.3, -0.25) is 0 Å². The molecule has 0 heterocycles. The van der Waals surface area contributed by atoms with Crippen LogP contribution in [0.3, 0.4) is 0 Å². The number of fused-ring (bicyclic) bond motifs is 2. The molecule has 4 atom stereocenters. The number of hydrogen-bond donors (Lipinski definition) is 1. The molecule has 13 heavy (non-hydrogen) atoms. The molecule has 0 aromatic carbocycles. The van der Waals surface area contributed by atoms with Crippen LogP contribution >= 0.6 is 0 Å². The number of allylic oxidation sites excluding steroid dienone is 2. The molecule has 2 saturated carbocycles. The Kier molecular flexibility index (Phi) is 1.48. The van der Waals surface area contributed by atoms with E-state index >= 15 is 0 Å². The zero-order chi connectivity index (χ0) is 9.05. The van der Waals surface area contributed by atoms with E-state index in [0.717, 1.165) is 17.8 Å². The molecule has 0 aromatic rings. The predicted molar refractivity (Wildman–Crippen MR) is 52.2 cm³/mol. The first kappa shape index (κ1) is 8.05. The fourth-order valence-corrected chi connectivity index (χ4v) is 3.68. The fraction of sp³-hybridized carbons (Fsp3) is 0.833. The Morgan fingerprint density at radius 1 is 1.31 bits per heavy atom. The van der Waals surface area contributed by atoms with Crippen LogP contribution in [-0.4, -0.2) is 11.2 Å². The SMILES string of the molecule is CC(O)C1(C2CC3C=CC2C3)CC1. The summed E-state index contributed by atoms with van der Waals surface area (Å²) >= 11 is 0. The molecule has 0 spiro atoms. The second kappa shape index (κ2) is 2.38. The highest BCUT2D eigenvalue weighted by Crippen LogP contribution is 2.63. The smallest absolute Gasteiger partial charge is 0.0571 e. The van der Waals surface area contributed by atoms with Gasteiger partial charge in [0.05, 0.1) is 6.10 Å².